The highest BCUT2D eigenvalue weighted by molar-refractivity contribution is 6.35. The van der Waals surface area contributed by atoms with Gasteiger partial charge in [0.1, 0.15) is 12.0 Å². The third kappa shape index (κ3) is 2.60. The van der Waals surface area contributed by atoms with Gasteiger partial charge < -0.3 is 15.2 Å². The summed E-state index contributed by atoms with van der Waals surface area (Å²) in [5, 5.41) is 13.7. The largest absolute Gasteiger partial charge is 0.496 e. The lowest BCUT2D eigenvalue weighted by Crippen LogP contribution is -2.18. The predicted molar refractivity (Wildman–Crippen MR) is 87.1 cm³/mol. The summed E-state index contributed by atoms with van der Waals surface area (Å²) < 4.78 is 5.38. The first-order valence-corrected chi connectivity index (χ1v) is 7.15. The van der Waals surface area contributed by atoms with Crippen LogP contribution in [0.1, 0.15) is 5.56 Å². The normalized spacial score (nSPS) is 16.3. The first kappa shape index (κ1) is 14.3. The van der Waals surface area contributed by atoms with Gasteiger partial charge in [0.2, 0.25) is 0 Å². The second-order valence-corrected chi connectivity index (χ2v) is 5.50. The summed E-state index contributed by atoms with van der Waals surface area (Å²) in [6.07, 6.45) is 2.77. The molecule has 0 aromatic heterocycles. The Morgan fingerprint density at radius 3 is 2.67 bits per heavy atom. The van der Waals surface area contributed by atoms with Crippen LogP contribution < -0.4 is 10.1 Å². The lowest BCUT2D eigenvalue weighted by molar-refractivity contribution is 0.252. The number of hydrogen-bond donors (Lipinski definition) is 2. The minimum absolute atomic E-state index is 0.601. The van der Waals surface area contributed by atoms with Crippen LogP contribution in [0.4, 0.5) is 5.69 Å². The van der Waals surface area contributed by atoms with Gasteiger partial charge in [-0.3, -0.25) is 0 Å². The molecular weight excluding hydrogens is 309 g/mol. The van der Waals surface area contributed by atoms with Crippen LogP contribution in [0.3, 0.4) is 0 Å². The average Bonchev–Trinajstić information content (AvgIpc) is 2.48. The first-order chi connectivity index (χ1) is 10.1. The van der Waals surface area contributed by atoms with Crippen LogP contribution in [-0.4, -0.2) is 18.4 Å². The fourth-order valence-electron chi connectivity index (χ4n) is 2.37. The molecule has 3 nitrogen and oxygen atoms in total. The maximum Gasteiger partial charge on any atom is 0.144 e. The van der Waals surface area contributed by atoms with Crippen LogP contribution >= 0.6 is 23.2 Å². The standard InChI is InChI=1S/C16H13Cl2NO2/c1-21-14-8-9(17)2-3-10(14)11-4-6-13-12(16(11)18)5-7-15(20)19-13/h2-8,15,19-20H,1H3. The molecule has 0 amide bonds. The smallest absolute Gasteiger partial charge is 0.144 e. The van der Waals surface area contributed by atoms with E-state index in [1.807, 2.05) is 24.3 Å². The maximum absolute atomic E-state index is 9.57. The summed E-state index contributed by atoms with van der Waals surface area (Å²) in [6, 6.07) is 9.21. The highest BCUT2D eigenvalue weighted by atomic mass is 35.5. The fourth-order valence-corrected chi connectivity index (χ4v) is 2.86. The highest BCUT2D eigenvalue weighted by Gasteiger charge is 2.18. The van der Waals surface area contributed by atoms with E-state index in [0.29, 0.717) is 15.8 Å². The summed E-state index contributed by atoms with van der Waals surface area (Å²) in [4.78, 5) is 0. The van der Waals surface area contributed by atoms with Gasteiger partial charge in [0.05, 0.1) is 12.1 Å². The molecule has 2 aromatic rings. The molecule has 0 fully saturated rings. The van der Waals surface area contributed by atoms with E-state index in [1.54, 1.807) is 25.3 Å². The van der Waals surface area contributed by atoms with Crippen molar-refractivity contribution in [3.8, 4) is 16.9 Å². The van der Waals surface area contributed by atoms with Crippen LogP contribution in [-0.2, 0) is 0 Å². The number of benzene rings is 2. The zero-order valence-corrected chi connectivity index (χ0v) is 12.7. The van der Waals surface area contributed by atoms with Crippen LogP contribution in [0, 0.1) is 0 Å². The second-order valence-electron chi connectivity index (χ2n) is 4.68. The van der Waals surface area contributed by atoms with E-state index in [4.69, 9.17) is 27.9 Å². The van der Waals surface area contributed by atoms with E-state index in [2.05, 4.69) is 5.32 Å². The molecule has 5 heteroatoms. The van der Waals surface area contributed by atoms with Gasteiger partial charge in [0.25, 0.3) is 0 Å². The summed E-state index contributed by atoms with van der Waals surface area (Å²) in [6.45, 7) is 0. The zero-order valence-electron chi connectivity index (χ0n) is 11.2. The number of aliphatic hydroxyl groups excluding tert-OH is 1. The maximum atomic E-state index is 9.57. The van der Waals surface area contributed by atoms with E-state index >= 15 is 0 Å². The van der Waals surface area contributed by atoms with Gasteiger partial charge >= 0.3 is 0 Å². The number of hydrogen-bond acceptors (Lipinski definition) is 3. The minimum Gasteiger partial charge on any atom is -0.496 e. The second kappa shape index (κ2) is 5.60. The SMILES string of the molecule is COc1cc(Cl)ccc1-c1ccc2c(c1Cl)C=CC(O)N2. The summed E-state index contributed by atoms with van der Waals surface area (Å²) in [7, 11) is 1.60. The minimum atomic E-state index is -0.690. The molecule has 1 aliphatic rings. The molecule has 1 atom stereocenters. The third-order valence-corrected chi connectivity index (χ3v) is 4.02. The van der Waals surface area contributed by atoms with Crippen molar-refractivity contribution in [1.29, 1.82) is 0 Å². The van der Waals surface area contributed by atoms with Gasteiger partial charge in [-0.2, -0.15) is 0 Å². The Balaban J connectivity index is 2.16. The Bertz CT molecular complexity index is 728. The molecule has 2 aromatic carbocycles. The van der Waals surface area contributed by atoms with E-state index < -0.39 is 6.23 Å². The number of fused-ring (bicyclic) bond motifs is 1. The van der Waals surface area contributed by atoms with Crippen molar-refractivity contribution >= 4 is 35.0 Å². The van der Waals surface area contributed by atoms with E-state index in [9.17, 15) is 5.11 Å². The third-order valence-electron chi connectivity index (χ3n) is 3.38. The van der Waals surface area contributed by atoms with Gasteiger partial charge in [-0.05, 0) is 30.3 Å². The Morgan fingerprint density at radius 1 is 1.14 bits per heavy atom. The molecule has 1 heterocycles. The molecule has 0 bridgehead atoms. The summed E-state index contributed by atoms with van der Waals surface area (Å²) in [5.41, 5.74) is 3.36. The molecule has 3 rings (SSSR count). The molecule has 0 radical (unpaired) electrons. The van der Waals surface area contributed by atoms with Gasteiger partial charge in [-0.15, -0.1) is 0 Å². The number of ether oxygens (including phenoxy) is 1. The van der Waals surface area contributed by atoms with Crippen molar-refractivity contribution in [2.45, 2.75) is 6.23 Å². The lowest BCUT2D eigenvalue weighted by Gasteiger charge is -2.21. The number of anilines is 1. The zero-order chi connectivity index (χ0) is 15.0. The molecule has 0 aliphatic carbocycles. The van der Waals surface area contributed by atoms with Gasteiger partial charge in [0.15, 0.2) is 0 Å². The molecule has 0 saturated carbocycles. The number of methoxy groups -OCH3 is 1. The van der Waals surface area contributed by atoms with Gasteiger partial charge in [0, 0.05) is 27.4 Å². The predicted octanol–water partition coefficient (Wildman–Crippen LogP) is 4.43. The number of rotatable bonds is 2. The molecule has 0 saturated heterocycles. The van der Waals surface area contributed by atoms with Crippen molar-refractivity contribution in [3.63, 3.8) is 0 Å². The summed E-state index contributed by atoms with van der Waals surface area (Å²) in [5.74, 6) is 0.664. The van der Waals surface area contributed by atoms with E-state index in [-0.39, 0.29) is 0 Å². The van der Waals surface area contributed by atoms with Crippen molar-refractivity contribution in [2.24, 2.45) is 0 Å². The molecule has 1 aliphatic heterocycles. The Morgan fingerprint density at radius 2 is 1.90 bits per heavy atom. The molecule has 21 heavy (non-hydrogen) atoms. The van der Waals surface area contributed by atoms with Crippen LogP contribution in [0.15, 0.2) is 36.4 Å². The average molecular weight is 322 g/mol. The molecule has 108 valence electrons. The Labute approximate surface area is 132 Å². The monoisotopic (exact) mass is 321 g/mol. The van der Waals surface area contributed by atoms with Crippen molar-refractivity contribution in [2.75, 3.05) is 12.4 Å². The van der Waals surface area contributed by atoms with Gasteiger partial charge in [-0.25, -0.2) is 0 Å². The molecule has 2 N–H and O–H groups in total. The first-order valence-electron chi connectivity index (χ1n) is 6.39. The number of nitrogens with one attached hydrogen (secondary N) is 1. The molecule has 0 spiro atoms. The summed E-state index contributed by atoms with van der Waals surface area (Å²) >= 11 is 12.5. The quantitative estimate of drug-likeness (QED) is 0.860. The fraction of sp³-hybridized carbons (Fsp3) is 0.125. The number of halogens is 2. The Hall–Kier alpha value is -1.68. The van der Waals surface area contributed by atoms with Crippen LogP contribution in [0.5, 0.6) is 5.75 Å². The van der Waals surface area contributed by atoms with Gasteiger partial charge in [-0.1, -0.05) is 35.3 Å². The van der Waals surface area contributed by atoms with E-state index in [0.717, 1.165) is 22.4 Å². The van der Waals surface area contributed by atoms with Crippen LogP contribution in [0.25, 0.3) is 17.2 Å². The topological polar surface area (TPSA) is 41.5 Å². The van der Waals surface area contributed by atoms with Crippen molar-refractivity contribution in [3.05, 3.63) is 52.0 Å². The van der Waals surface area contributed by atoms with Crippen LogP contribution in [0.2, 0.25) is 10.0 Å². The molecular formula is C16H13Cl2NO2. The van der Waals surface area contributed by atoms with Crippen molar-refractivity contribution < 1.29 is 9.84 Å². The Kier molecular flexibility index (Phi) is 3.81. The lowest BCUT2D eigenvalue weighted by atomic mass is 9.99. The van der Waals surface area contributed by atoms with Crippen molar-refractivity contribution in [1.82, 2.24) is 0 Å². The number of aliphatic hydroxyl groups is 1. The molecule has 1 unspecified atom stereocenters. The highest BCUT2D eigenvalue weighted by Crippen LogP contribution is 2.41. The van der Waals surface area contributed by atoms with E-state index in [1.165, 1.54) is 0 Å².